The van der Waals surface area contributed by atoms with Crippen molar-refractivity contribution in [3.05, 3.63) is 71.8 Å². The van der Waals surface area contributed by atoms with Crippen molar-refractivity contribution in [2.45, 2.75) is 78.7 Å². The zero-order valence-corrected chi connectivity index (χ0v) is 22.9. The molecule has 0 spiro atoms. The number of ketones is 1. The van der Waals surface area contributed by atoms with Gasteiger partial charge in [0.2, 0.25) is 11.8 Å². The predicted molar refractivity (Wildman–Crippen MR) is 150 cm³/mol. The Labute approximate surface area is 222 Å². The summed E-state index contributed by atoms with van der Waals surface area (Å²) in [4.78, 5) is 51.2. The number of Topliss-reactive ketones (excluding diaryl/α,β-unsaturated/α-hetero) is 1. The normalized spacial score (nSPS) is 13.5. The van der Waals surface area contributed by atoms with Crippen LogP contribution in [0.25, 0.3) is 0 Å². The van der Waals surface area contributed by atoms with Gasteiger partial charge in [0.05, 0.1) is 0 Å². The molecule has 2 atom stereocenters. The van der Waals surface area contributed by atoms with E-state index in [1.807, 2.05) is 75.4 Å². The van der Waals surface area contributed by atoms with Crippen molar-refractivity contribution >= 4 is 23.9 Å². The summed E-state index contributed by atoms with van der Waals surface area (Å²) in [5, 5.41) is 2.99. The quantitative estimate of drug-likeness (QED) is 0.125. The van der Waals surface area contributed by atoms with Crippen LogP contribution in [0.3, 0.4) is 0 Å². The number of amides is 2. The fraction of sp³-hybridized carbons (Fsp3) is 0.484. The summed E-state index contributed by atoms with van der Waals surface area (Å²) in [5.41, 5.74) is 1.64. The molecule has 0 aliphatic rings. The maximum absolute atomic E-state index is 13.2. The Bertz CT molecular complexity index is 934. The van der Waals surface area contributed by atoms with Gasteiger partial charge in [-0.05, 0) is 51.2 Å². The maximum atomic E-state index is 13.2. The topological polar surface area (TPSA) is 83.6 Å². The van der Waals surface area contributed by atoms with Gasteiger partial charge < -0.3 is 15.0 Å². The average molecular weight is 509 g/mol. The van der Waals surface area contributed by atoms with E-state index in [0.29, 0.717) is 31.5 Å². The standard InChI is InChI=1S/C31H44N2O4/c1-5-7-8-10-17-26(4)29(35)20-15-21-30(36)33(6-2)28(23-27-18-11-9-12-19-27)31(37)32-22-14-13-16-25(3)24-34/h5,7-12,17-19,24-25,28H,6,13-16,20-23H2,1-4H3,(H,32,37)/b7-5-,10-8-,26-17+/t25?,28-/m0/s1. The highest BCUT2D eigenvalue weighted by atomic mass is 16.2. The van der Waals surface area contributed by atoms with Crippen molar-refractivity contribution in [3.8, 4) is 0 Å². The van der Waals surface area contributed by atoms with Gasteiger partial charge in [-0.25, -0.2) is 0 Å². The number of nitrogens with one attached hydrogen (secondary N) is 1. The fourth-order valence-electron chi connectivity index (χ4n) is 3.95. The molecule has 0 saturated carbocycles. The summed E-state index contributed by atoms with van der Waals surface area (Å²) in [5.74, 6) is -0.259. The molecular weight excluding hydrogens is 464 g/mol. The zero-order chi connectivity index (χ0) is 27.5. The van der Waals surface area contributed by atoms with Crippen LogP contribution in [0.4, 0.5) is 0 Å². The summed E-state index contributed by atoms with van der Waals surface area (Å²) in [7, 11) is 0. The Balaban J connectivity index is 2.77. The molecule has 1 unspecified atom stereocenters. The van der Waals surface area contributed by atoms with Crippen LogP contribution in [0, 0.1) is 5.92 Å². The minimum atomic E-state index is -0.622. The van der Waals surface area contributed by atoms with E-state index in [1.165, 1.54) is 0 Å². The van der Waals surface area contributed by atoms with Crippen LogP contribution in [-0.2, 0) is 25.6 Å². The molecule has 202 valence electrons. The van der Waals surface area contributed by atoms with E-state index in [9.17, 15) is 19.2 Å². The molecule has 0 aliphatic carbocycles. The lowest BCUT2D eigenvalue weighted by Crippen LogP contribution is -2.51. The Morgan fingerprint density at radius 1 is 1.00 bits per heavy atom. The van der Waals surface area contributed by atoms with E-state index in [-0.39, 0.29) is 36.4 Å². The monoisotopic (exact) mass is 508 g/mol. The van der Waals surface area contributed by atoms with E-state index >= 15 is 0 Å². The highest BCUT2D eigenvalue weighted by Gasteiger charge is 2.28. The Hall–Kier alpha value is -3.28. The second-order valence-corrected chi connectivity index (χ2v) is 9.32. The number of carbonyl (C=O) groups excluding carboxylic acids is 4. The molecular formula is C31H44N2O4. The van der Waals surface area contributed by atoms with Crippen molar-refractivity contribution in [1.29, 1.82) is 0 Å². The molecule has 0 radical (unpaired) electrons. The first kappa shape index (κ1) is 31.7. The van der Waals surface area contributed by atoms with Crippen molar-refractivity contribution in [3.63, 3.8) is 0 Å². The first-order chi connectivity index (χ1) is 17.8. The molecule has 0 saturated heterocycles. The first-order valence-corrected chi connectivity index (χ1v) is 13.4. The summed E-state index contributed by atoms with van der Waals surface area (Å²) in [6.45, 7) is 8.38. The molecule has 1 N–H and O–H groups in total. The molecule has 2 amide bonds. The van der Waals surface area contributed by atoms with E-state index in [4.69, 9.17) is 0 Å². The second kappa shape index (κ2) is 18.9. The lowest BCUT2D eigenvalue weighted by Gasteiger charge is -2.30. The number of unbranched alkanes of at least 4 members (excludes halogenated alkanes) is 1. The molecule has 6 nitrogen and oxygen atoms in total. The molecule has 0 bridgehead atoms. The van der Waals surface area contributed by atoms with Gasteiger partial charge in [0.1, 0.15) is 12.3 Å². The summed E-state index contributed by atoms with van der Waals surface area (Å²) < 4.78 is 0. The van der Waals surface area contributed by atoms with Crippen molar-refractivity contribution in [2.75, 3.05) is 13.1 Å². The maximum Gasteiger partial charge on any atom is 0.243 e. The van der Waals surface area contributed by atoms with E-state index in [2.05, 4.69) is 5.32 Å². The summed E-state index contributed by atoms with van der Waals surface area (Å²) in [6, 6.07) is 9.06. The average Bonchev–Trinajstić information content (AvgIpc) is 2.90. The van der Waals surface area contributed by atoms with Gasteiger partial charge >= 0.3 is 0 Å². The number of rotatable bonds is 18. The second-order valence-electron chi connectivity index (χ2n) is 9.32. The van der Waals surface area contributed by atoms with E-state index < -0.39 is 6.04 Å². The first-order valence-electron chi connectivity index (χ1n) is 13.4. The van der Waals surface area contributed by atoms with Crippen LogP contribution >= 0.6 is 0 Å². The molecule has 0 aromatic heterocycles. The van der Waals surface area contributed by atoms with Gasteiger partial charge in [0.15, 0.2) is 5.78 Å². The molecule has 1 aromatic carbocycles. The largest absolute Gasteiger partial charge is 0.354 e. The van der Waals surface area contributed by atoms with Gasteiger partial charge in [-0.3, -0.25) is 14.4 Å². The summed E-state index contributed by atoms with van der Waals surface area (Å²) >= 11 is 0. The van der Waals surface area contributed by atoms with Gasteiger partial charge in [-0.15, -0.1) is 0 Å². The molecule has 1 aromatic rings. The number of hydrogen-bond acceptors (Lipinski definition) is 4. The van der Waals surface area contributed by atoms with Crippen molar-refractivity contribution in [2.24, 2.45) is 5.92 Å². The molecule has 0 fully saturated rings. The van der Waals surface area contributed by atoms with Gasteiger partial charge in [0, 0.05) is 38.3 Å². The fourth-order valence-corrected chi connectivity index (χ4v) is 3.95. The third kappa shape index (κ3) is 13.0. The lowest BCUT2D eigenvalue weighted by atomic mass is 10.0. The number of benzene rings is 1. The van der Waals surface area contributed by atoms with Crippen molar-refractivity contribution < 1.29 is 19.2 Å². The minimum Gasteiger partial charge on any atom is -0.354 e. The van der Waals surface area contributed by atoms with Gasteiger partial charge in [-0.2, -0.15) is 0 Å². The smallest absolute Gasteiger partial charge is 0.243 e. The number of nitrogens with zero attached hydrogens (tertiary/aromatic N) is 1. The van der Waals surface area contributed by atoms with Crippen LogP contribution < -0.4 is 5.32 Å². The van der Waals surface area contributed by atoms with Gasteiger partial charge in [-0.1, -0.05) is 74.1 Å². The van der Waals surface area contributed by atoms with E-state index in [1.54, 1.807) is 17.9 Å². The predicted octanol–water partition coefficient (Wildman–Crippen LogP) is 5.39. The molecule has 1 rings (SSSR count). The molecule has 0 heterocycles. The Morgan fingerprint density at radius 3 is 2.38 bits per heavy atom. The zero-order valence-electron chi connectivity index (χ0n) is 22.9. The number of carbonyl (C=O) groups is 4. The molecule has 37 heavy (non-hydrogen) atoms. The van der Waals surface area contributed by atoms with Gasteiger partial charge in [0.25, 0.3) is 0 Å². The highest BCUT2D eigenvalue weighted by molar-refractivity contribution is 5.95. The minimum absolute atomic E-state index is 0.0171. The number of aldehydes is 1. The number of allylic oxidation sites excluding steroid dienone is 6. The van der Waals surface area contributed by atoms with Crippen LogP contribution in [0.15, 0.2) is 66.3 Å². The van der Waals surface area contributed by atoms with Crippen LogP contribution in [0.1, 0.15) is 71.8 Å². The molecule has 6 heteroatoms. The third-order valence-corrected chi connectivity index (χ3v) is 6.22. The van der Waals surface area contributed by atoms with Crippen LogP contribution in [-0.4, -0.2) is 47.9 Å². The Kier molecular flexibility index (Phi) is 16.2. The van der Waals surface area contributed by atoms with Crippen molar-refractivity contribution in [1.82, 2.24) is 10.2 Å². The number of likely N-dealkylation sites (N-methyl/N-ethyl adjacent to an activating group) is 1. The third-order valence-electron chi connectivity index (χ3n) is 6.22. The van der Waals surface area contributed by atoms with Crippen LogP contribution in [0.2, 0.25) is 0 Å². The number of hydrogen-bond donors (Lipinski definition) is 1. The Morgan fingerprint density at radius 2 is 1.73 bits per heavy atom. The van der Waals surface area contributed by atoms with Crippen LogP contribution in [0.5, 0.6) is 0 Å². The SMILES string of the molecule is C\C=C/C=C\C=C(/C)C(=O)CCCC(=O)N(CC)[C@@H](Cc1ccccc1)C(=O)NCCCCC(C)C=O. The highest BCUT2D eigenvalue weighted by Crippen LogP contribution is 2.14. The summed E-state index contributed by atoms with van der Waals surface area (Å²) in [6.07, 6.45) is 14.0. The van der Waals surface area contributed by atoms with E-state index in [0.717, 1.165) is 31.1 Å². The lowest BCUT2D eigenvalue weighted by molar-refractivity contribution is -0.140. The molecule has 0 aliphatic heterocycles.